The second-order valence-corrected chi connectivity index (χ2v) is 7.71. The lowest BCUT2D eigenvalue weighted by Gasteiger charge is -2.31. The number of aromatic nitrogens is 3. The highest BCUT2D eigenvalue weighted by Crippen LogP contribution is 2.34. The summed E-state index contributed by atoms with van der Waals surface area (Å²) < 4.78 is 18.0. The maximum Gasteiger partial charge on any atom is 0.307 e. The number of hydrogen-bond donors (Lipinski definition) is 0. The van der Waals surface area contributed by atoms with Crippen LogP contribution in [0, 0.1) is 5.92 Å². The molecule has 2 aliphatic heterocycles. The zero-order valence-corrected chi connectivity index (χ0v) is 16.5. The third kappa shape index (κ3) is 4.30. The molecule has 2 saturated heterocycles. The first-order valence-corrected chi connectivity index (χ1v) is 9.63. The second-order valence-electron chi connectivity index (χ2n) is 7.71. The van der Waals surface area contributed by atoms with Crippen LogP contribution in [0.5, 0.6) is 0 Å². The van der Waals surface area contributed by atoms with Crippen LogP contribution in [0.25, 0.3) is 5.69 Å². The van der Waals surface area contributed by atoms with E-state index in [1.807, 2.05) is 30.3 Å². The minimum Gasteiger partial charge on any atom is -0.459 e. The van der Waals surface area contributed by atoms with E-state index in [2.05, 4.69) is 10.3 Å². The monoisotopic (exact) mass is 400 g/mol. The molecule has 1 aromatic carbocycles. The Morgan fingerprint density at radius 3 is 2.62 bits per heavy atom. The number of para-hydroxylation sites is 1. The molecule has 0 N–H and O–H groups in total. The maximum atomic E-state index is 13.3. The lowest BCUT2D eigenvalue weighted by molar-refractivity contribution is -0.151. The normalized spacial score (nSPS) is 21.3. The van der Waals surface area contributed by atoms with Crippen molar-refractivity contribution in [3.05, 3.63) is 42.2 Å². The number of amides is 1. The average Bonchev–Trinajstić information content (AvgIpc) is 3.42. The number of benzene rings is 1. The van der Waals surface area contributed by atoms with Gasteiger partial charge < -0.3 is 19.1 Å². The van der Waals surface area contributed by atoms with Crippen molar-refractivity contribution in [2.75, 3.05) is 19.8 Å². The summed E-state index contributed by atoms with van der Waals surface area (Å²) in [5.74, 6) is -1.12. The first-order valence-electron chi connectivity index (χ1n) is 9.63. The van der Waals surface area contributed by atoms with Gasteiger partial charge in [0.1, 0.15) is 11.3 Å². The summed E-state index contributed by atoms with van der Waals surface area (Å²) in [5, 5.41) is 8.36. The number of carbonyl (C=O) groups is 2. The van der Waals surface area contributed by atoms with Crippen LogP contribution in [0.3, 0.4) is 0 Å². The molecule has 1 amide bonds. The number of rotatable bonds is 6. The van der Waals surface area contributed by atoms with E-state index in [-0.39, 0.29) is 31.4 Å². The minimum absolute atomic E-state index is 0.0609. The second kappa shape index (κ2) is 7.92. The van der Waals surface area contributed by atoms with Gasteiger partial charge in [-0.25, -0.2) is 4.68 Å². The number of hydrogen-bond acceptors (Lipinski definition) is 7. The van der Waals surface area contributed by atoms with Gasteiger partial charge in [-0.3, -0.25) is 9.59 Å². The Kier molecular flexibility index (Phi) is 5.33. The molecule has 2 fully saturated rings. The summed E-state index contributed by atoms with van der Waals surface area (Å²) in [6.45, 7) is 4.98. The summed E-state index contributed by atoms with van der Waals surface area (Å²) in [5.41, 5.74) is 0.650. The van der Waals surface area contributed by atoms with E-state index in [0.717, 1.165) is 5.69 Å². The Hall–Kier alpha value is -2.78. The lowest BCUT2D eigenvalue weighted by atomic mass is 9.89. The van der Waals surface area contributed by atoms with Gasteiger partial charge >= 0.3 is 5.97 Å². The molecule has 9 heteroatoms. The van der Waals surface area contributed by atoms with Crippen molar-refractivity contribution in [1.29, 1.82) is 0 Å². The van der Waals surface area contributed by atoms with E-state index in [9.17, 15) is 9.59 Å². The summed E-state index contributed by atoms with van der Waals surface area (Å²) >= 11 is 0. The molecule has 9 nitrogen and oxygen atoms in total. The van der Waals surface area contributed by atoms with Crippen molar-refractivity contribution in [3.8, 4) is 5.69 Å². The number of ether oxygens (including phenoxy) is 3. The molecule has 154 valence electrons. The molecule has 0 aliphatic carbocycles. The summed E-state index contributed by atoms with van der Waals surface area (Å²) in [6.07, 6.45) is 1.35. The molecule has 2 aromatic rings. The molecule has 0 bridgehead atoms. The van der Waals surface area contributed by atoms with E-state index in [0.29, 0.717) is 18.9 Å². The molecular weight excluding hydrogens is 376 g/mol. The van der Waals surface area contributed by atoms with Crippen LogP contribution >= 0.6 is 0 Å². The molecule has 0 saturated carbocycles. The van der Waals surface area contributed by atoms with Crippen LogP contribution in [-0.2, 0) is 30.3 Å². The number of carbonyl (C=O) groups excluding carboxylic acids is 2. The summed E-state index contributed by atoms with van der Waals surface area (Å²) in [6, 6.07) is 9.61. The van der Waals surface area contributed by atoms with Crippen molar-refractivity contribution in [2.45, 2.75) is 38.7 Å². The summed E-state index contributed by atoms with van der Waals surface area (Å²) in [4.78, 5) is 26.7. The predicted molar refractivity (Wildman–Crippen MR) is 101 cm³/mol. The van der Waals surface area contributed by atoms with Crippen molar-refractivity contribution >= 4 is 11.9 Å². The molecule has 1 unspecified atom stereocenters. The van der Waals surface area contributed by atoms with E-state index >= 15 is 0 Å². The van der Waals surface area contributed by atoms with Gasteiger partial charge in [0.05, 0.1) is 50.5 Å². The van der Waals surface area contributed by atoms with Crippen molar-refractivity contribution < 1.29 is 23.8 Å². The minimum atomic E-state index is -0.856. The molecule has 1 atom stereocenters. The topological polar surface area (TPSA) is 95.8 Å². The van der Waals surface area contributed by atoms with Crippen LogP contribution in [-0.4, -0.2) is 63.4 Å². The fourth-order valence-electron chi connectivity index (χ4n) is 3.62. The molecule has 29 heavy (non-hydrogen) atoms. The smallest absolute Gasteiger partial charge is 0.307 e. The standard InChI is InChI=1S/C20H24N4O5/c1-20(2)16(10-17(25)29-20)19(26)23(13-18-27-8-9-28-18)11-14-12-24(22-21-14)15-6-4-3-5-7-15/h3-7,12,16,18H,8-11,13H2,1-2H3. The lowest BCUT2D eigenvalue weighted by Crippen LogP contribution is -2.45. The highest BCUT2D eigenvalue weighted by molar-refractivity contribution is 5.87. The Balaban J connectivity index is 1.54. The molecule has 4 rings (SSSR count). The fraction of sp³-hybridized carbons (Fsp3) is 0.500. The van der Waals surface area contributed by atoms with E-state index in [1.165, 1.54) is 0 Å². The number of nitrogens with zero attached hydrogens (tertiary/aromatic N) is 4. The van der Waals surface area contributed by atoms with Crippen LogP contribution in [0.15, 0.2) is 36.5 Å². The first-order chi connectivity index (χ1) is 13.9. The highest BCUT2D eigenvalue weighted by Gasteiger charge is 2.48. The van der Waals surface area contributed by atoms with Crippen molar-refractivity contribution in [3.63, 3.8) is 0 Å². The zero-order chi connectivity index (χ0) is 20.4. The third-order valence-corrected chi connectivity index (χ3v) is 5.17. The van der Waals surface area contributed by atoms with Gasteiger partial charge in [-0.05, 0) is 26.0 Å². The molecule has 3 heterocycles. The molecule has 1 aromatic heterocycles. The van der Waals surface area contributed by atoms with Gasteiger partial charge in [0, 0.05) is 0 Å². The molecule has 0 spiro atoms. The van der Waals surface area contributed by atoms with Crippen molar-refractivity contribution in [1.82, 2.24) is 19.9 Å². The van der Waals surface area contributed by atoms with Crippen molar-refractivity contribution in [2.24, 2.45) is 5.92 Å². The SMILES string of the molecule is CC1(C)OC(=O)CC1C(=O)N(Cc1cn(-c2ccccc2)nn1)CC1OCCO1. The average molecular weight is 400 g/mol. The van der Waals surface area contributed by atoms with E-state index in [4.69, 9.17) is 14.2 Å². The van der Waals surface area contributed by atoms with Crippen LogP contribution in [0.1, 0.15) is 26.0 Å². The Morgan fingerprint density at radius 2 is 1.97 bits per heavy atom. The van der Waals surface area contributed by atoms with Crippen LogP contribution < -0.4 is 0 Å². The first kappa shape index (κ1) is 19.5. The quantitative estimate of drug-likeness (QED) is 0.675. The largest absolute Gasteiger partial charge is 0.459 e. The zero-order valence-electron chi connectivity index (χ0n) is 16.5. The fourth-order valence-corrected chi connectivity index (χ4v) is 3.62. The van der Waals surface area contributed by atoms with Gasteiger partial charge in [-0.2, -0.15) is 0 Å². The Labute approximate surface area is 168 Å². The Morgan fingerprint density at radius 1 is 1.24 bits per heavy atom. The third-order valence-electron chi connectivity index (χ3n) is 5.17. The van der Waals surface area contributed by atoms with Crippen LogP contribution in [0.4, 0.5) is 0 Å². The van der Waals surface area contributed by atoms with Gasteiger partial charge in [0.15, 0.2) is 6.29 Å². The Bertz CT molecular complexity index is 876. The maximum absolute atomic E-state index is 13.3. The number of esters is 1. The predicted octanol–water partition coefficient (Wildman–Crippen LogP) is 1.31. The van der Waals surface area contributed by atoms with Gasteiger partial charge in [-0.1, -0.05) is 23.4 Å². The summed E-state index contributed by atoms with van der Waals surface area (Å²) in [7, 11) is 0. The van der Waals surface area contributed by atoms with Gasteiger partial charge in [0.2, 0.25) is 5.91 Å². The molecular formula is C20H24N4O5. The highest BCUT2D eigenvalue weighted by atomic mass is 16.7. The molecule has 2 aliphatic rings. The van der Waals surface area contributed by atoms with E-state index < -0.39 is 17.8 Å². The molecule has 0 radical (unpaired) electrons. The van der Waals surface area contributed by atoms with Gasteiger partial charge in [-0.15, -0.1) is 5.10 Å². The van der Waals surface area contributed by atoms with Gasteiger partial charge in [0.25, 0.3) is 0 Å². The van der Waals surface area contributed by atoms with E-state index in [1.54, 1.807) is 29.6 Å². The number of cyclic esters (lactones) is 1. The van der Waals surface area contributed by atoms with Crippen LogP contribution in [0.2, 0.25) is 0 Å².